The first kappa shape index (κ1) is 12.8. The fourth-order valence-electron chi connectivity index (χ4n) is 1.98. The molecule has 1 aliphatic rings. The number of carbonyl (C=O) groups excluding carboxylic acids is 2. The molecule has 1 saturated heterocycles. The number of hydroxylamine groups is 2. The van der Waals surface area contributed by atoms with Crippen LogP contribution in [-0.4, -0.2) is 29.9 Å². The summed E-state index contributed by atoms with van der Waals surface area (Å²) in [5.74, 6) is -0.0217. The monoisotopic (exact) mass is 247 g/mol. The summed E-state index contributed by atoms with van der Waals surface area (Å²) in [7, 11) is 0. The zero-order chi connectivity index (χ0) is 12.8. The first-order valence-electron chi connectivity index (χ1n) is 6.30. The molecule has 1 aromatic rings. The van der Waals surface area contributed by atoms with Gasteiger partial charge >= 0.3 is 5.97 Å². The van der Waals surface area contributed by atoms with Crippen molar-refractivity contribution in [1.29, 1.82) is 0 Å². The van der Waals surface area contributed by atoms with Crippen molar-refractivity contribution in [1.82, 2.24) is 5.06 Å². The Hall–Kier alpha value is -1.68. The van der Waals surface area contributed by atoms with Gasteiger partial charge in [0.15, 0.2) is 0 Å². The fraction of sp³-hybridized carbons (Fsp3) is 0.429. The van der Waals surface area contributed by atoms with Crippen LogP contribution in [0.2, 0.25) is 0 Å². The predicted molar refractivity (Wildman–Crippen MR) is 66.9 cm³/mol. The number of carbonyl (C=O) groups is 2. The lowest BCUT2D eigenvalue weighted by molar-refractivity contribution is -0.127. The Morgan fingerprint density at radius 3 is 2.28 bits per heavy atom. The largest absolute Gasteiger partial charge is 0.364 e. The molecule has 18 heavy (non-hydrogen) atoms. The second kappa shape index (κ2) is 6.31. The van der Waals surface area contributed by atoms with Gasteiger partial charge in [0.25, 0.3) is 0 Å². The number of nitrogens with zero attached hydrogens (tertiary/aromatic N) is 1. The summed E-state index contributed by atoms with van der Waals surface area (Å²) >= 11 is 0. The molecule has 2 rings (SSSR count). The van der Waals surface area contributed by atoms with Gasteiger partial charge in [0.1, 0.15) is 5.78 Å². The molecule has 0 unspecified atom stereocenters. The van der Waals surface area contributed by atoms with Crippen LogP contribution in [-0.2, 0) is 9.63 Å². The highest BCUT2D eigenvalue weighted by Gasteiger charge is 2.16. The maximum absolute atomic E-state index is 11.8. The van der Waals surface area contributed by atoms with Crippen molar-refractivity contribution in [2.24, 2.45) is 0 Å². The van der Waals surface area contributed by atoms with E-state index in [0.717, 1.165) is 12.8 Å². The minimum atomic E-state index is -0.331. The molecule has 0 spiro atoms. The molecule has 1 fully saturated rings. The number of Topliss-reactive ketones (excluding diaryl/α,β-unsaturated/α-hetero) is 1. The van der Waals surface area contributed by atoms with E-state index in [-0.39, 0.29) is 5.97 Å². The van der Waals surface area contributed by atoms with Crippen molar-refractivity contribution in [3.05, 3.63) is 35.9 Å². The van der Waals surface area contributed by atoms with E-state index in [2.05, 4.69) is 0 Å². The Balaban J connectivity index is 1.89. The van der Waals surface area contributed by atoms with Crippen LogP contribution in [0, 0.1) is 0 Å². The van der Waals surface area contributed by atoms with Crippen LogP contribution in [0.3, 0.4) is 0 Å². The second-order valence-corrected chi connectivity index (χ2v) is 4.42. The summed E-state index contributed by atoms with van der Waals surface area (Å²) in [5, 5.41) is 1.67. The summed E-state index contributed by atoms with van der Waals surface area (Å²) in [6.07, 6.45) is 2.67. The lowest BCUT2D eigenvalue weighted by atomic mass is 10.1. The van der Waals surface area contributed by atoms with Crippen molar-refractivity contribution < 1.29 is 14.4 Å². The number of rotatable bonds is 2. The van der Waals surface area contributed by atoms with Gasteiger partial charge in [-0.15, -0.1) is 5.06 Å². The van der Waals surface area contributed by atoms with Gasteiger partial charge in [-0.05, 0) is 25.0 Å². The van der Waals surface area contributed by atoms with Crippen molar-refractivity contribution in [2.45, 2.75) is 25.7 Å². The molecule has 4 heteroatoms. The normalized spacial score (nSPS) is 17.9. The molecule has 0 N–H and O–H groups in total. The quantitative estimate of drug-likeness (QED) is 0.803. The molecule has 0 aromatic heterocycles. The van der Waals surface area contributed by atoms with Gasteiger partial charge in [-0.25, -0.2) is 4.79 Å². The summed E-state index contributed by atoms with van der Waals surface area (Å²) in [6, 6.07) is 8.94. The van der Waals surface area contributed by atoms with Crippen LogP contribution in [0.5, 0.6) is 0 Å². The summed E-state index contributed by atoms with van der Waals surface area (Å²) < 4.78 is 0. The Bertz CT molecular complexity index is 404. The Morgan fingerprint density at radius 1 is 1.06 bits per heavy atom. The SMILES string of the molecule is O=C1CCCN(OC(=O)c2ccccc2)CCC1. The molecule has 0 saturated carbocycles. The maximum Gasteiger partial charge on any atom is 0.357 e. The van der Waals surface area contributed by atoms with E-state index in [4.69, 9.17) is 4.84 Å². The molecule has 0 aliphatic carbocycles. The molecular formula is C14H17NO3. The topological polar surface area (TPSA) is 46.6 Å². The Labute approximate surface area is 106 Å². The van der Waals surface area contributed by atoms with Gasteiger partial charge in [-0.2, -0.15) is 0 Å². The van der Waals surface area contributed by atoms with Crippen LogP contribution in [0.25, 0.3) is 0 Å². The highest BCUT2D eigenvalue weighted by Crippen LogP contribution is 2.10. The van der Waals surface area contributed by atoms with Gasteiger partial charge in [0.05, 0.1) is 5.56 Å². The van der Waals surface area contributed by atoms with Gasteiger partial charge in [-0.1, -0.05) is 18.2 Å². The average Bonchev–Trinajstić information content (AvgIpc) is 2.37. The molecule has 0 bridgehead atoms. The standard InChI is InChI=1S/C14H17NO3/c16-13-8-4-10-15(11-5-9-13)18-14(17)12-6-2-1-3-7-12/h1-3,6-7H,4-5,8-11H2. The molecule has 0 radical (unpaired) electrons. The summed E-state index contributed by atoms with van der Waals surface area (Å²) in [4.78, 5) is 28.4. The van der Waals surface area contributed by atoms with Crippen LogP contribution in [0.15, 0.2) is 30.3 Å². The zero-order valence-corrected chi connectivity index (χ0v) is 10.3. The fourth-order valence-corrected chi connectivity index (χ4v) is 1.98. The molecule has 4 nitrogen and oxygen atoms in total. The number of benzene rings is 1. The number of ketones is 1. The molecule has 96 valence electrons. The third-order valence-corrected chi connectivity index (χ3v) is 2.95. The molecule has 1 aliphatic heterocycles. The smallest absolute Gasteiger partial charge is 0.357 e. The highest BCUT2D eigenvalue weighted by atomic mass is 16.7. The van der Waals surface area contributed by atoms with Crippen LogP contribution in [0.4, 0.5) is 0 Å². The third-order valence-electron chi connectivity index (χ3n) is 2.95. The van der Waals surface area contributed by atoms with Gasteiger partial charge in [-0.3, -0.25) is 4.79 Å². The molecule has 1 heterocycles. The van der Waals surface area contributed by atoms with E-state index >= 15 is 0 Å². The molecular weight excluding hydrogens is 230 g/mol. The van der Waals surface area contributed by atoms with Crippen molar-refractivity contribution in [3.63, 3.8) is 0 Å². The predicted octanol–water partition coefficient (Wildman–Crippen LogP) is 2.20. The van der Waals surface area contributed by atoms with Gasteiger partial charge in [0.2, 0.25) is 0 Å². The Kier molecular flexibility index (Phi) is 4.47. The van der Waals surface area contributed by atoms with Crippen molar-refractivity contribution >= 4 is 11.8 Å². The second-order valence-electron chi connectivity index (χ2n) is 4.42. The number of hydrogen-bond donors (Lipinski definition) is 0. The van der Waals surface area contributed by atoms with E-state index in [1.54, 1.807) is 17.2 Å². The minimum absolute atomic E-state index is 0.309. The zero-order valence-electron chi connectivity index (χ0n) is 10.3. The summed E-state index contributed by atoms with van der Waals surface area (Å²) in [6.45, 7) is 1.26. The molecule has 0 amide bonds. The summed E-state index contributed by atoms with van der Waals surface area (Å²) in [5.41, 5.74) is 0.552. The number of hydrogen-bond acceptors (Lipinski definition) is 4. The van der Waals surface area contributed by atoms with E-state index in [9.17, 15) is 9.59 Å². The molecule has 1 aromatic carbocycles. The first-order valence-corrected chi connectivity index (χ1v) is 6.30. The van der Waals surface area contributed by atoms with Gasteiger partial charge < -0.3 is 4.84 Å². The third kappa shape index (κ3) is 3.67. The average molecular weight is 247 g/mol. The minimum Gasteiger partial charge on any atom is -0.364 e. The van der Waals surface area contributed by atoms with E-state index in [0.29, 0.717) is 37.3 Å². The highest BCUT2D eigenvalue weighted by molar-refractivity contribution is 5.89. The lowest BCUT2D eigenvalue weighted by Crippen LogP contribution is -2.31. The van der Waals surface area contributed by atoms with E-state index < -0.39 is 0 Å². The van der Waals surface area contributed by atoms with Crippen LogP contribution >= 0.6 is 0 Å². The van der Waals surface area contributed by atoms with Crippen molar-refractivity contribution in [3.8, 4) is 0 Å². The molecule has 0 atom stereocenters. The van der Waals surface area contributed by atoms with Crippen LogP contribution in [0.1, 0.15) is 36.0 Å². The van der Waals surface area contributed by atoms with Crippen LogP contribution < -0.4 is 0 Å². The first-order chi connectivity index (χ1) is 8.75. The van der Waals surface area contributed by atoms with Crippen molar-refractivity contribution in [2.75, 3.05) is 13.1 Å². The van der Waals surface area contributed by atoms with Gasteiger partial charge in [0, 0.05) is 25.9 Å². The Morgan fingerprint density at radius 2 is 1.67 bits per heavy atom. The lowest BCUT2D eigenvalue weighted by Gasteiger charge is -2.22. The maximum atomic E-state index is 11.8. The van der Waals surface area contributed by atoms with E-state index in [1.807, 2.05) is 18.2 Å². The van der Waals surface area contributed by atoms with E-state index in [1.165, 1.54) is 0 Å².